The molecule has 4 heteroatoms. The van der Waals surface area contributed by atoms with Crippen LogP contribution in [0.3, 0.4) is 0 Å². The monoisotopic (exact) mass is 220 g/mol. The standard InChI is InChI=1S/C12H16N2O2/c1-9-8-11(6-7-12(9)14(15)16)13-10-4-2-3-5-10/h6-8,10,13H,2-5H2,1H3. The Hall–Kier alpha value is -1.58. The van der Waals surface area contributed by atoms with Crippen molar-refractivity contribution in [2.75, 3.05) is 5.32 Å². The molecule has 0 bridgehead atoms. The van der Waals surface area contributed by atoms with Gasteiger partial charge >= 0.3 is 0 Å². The van der Waals surface area contributed by atoms with Gasteiger partial charge in [-0.3, -0.25) is 10.1 Å². The van der Waals surface area contributed by atoms with Gasteiger partial charge in [-0.2, -0.15) is 0 Å². The second kappa shape index (κ2) is 4.51. The largest absolute Gasteiger partial charge is 0.382 e. The number of hydrogen-bond acceptors (Lipinski definition) is 3. The van der Waals surface area contributed by atoms with Crippen molar-refractivity contribution in [2.24, 2.45) is 0 Å². The third-order valence-electron chi connectivity index (χ3n) is 3.12. The molecule has 1 aliphatic rings. The summed E-state index contributed by atoms with van der Waals surface area (Å²) >= 11 is 0. The average Bonchev–Trinajstić information content (AvgIpc) is 2.70. The molecule has 0 unspecified atom stereocenters. The summed E-state index contributed by atoms with van der Waals surface area (Å²) in [6.45, 7) is 1.78. The molecular formula is C12H16N2O2. The lowest BCUT2D eigenvalue weighted by molar-refractivity contribution is -0.385. The molecule has 0 radical (unpaired) electrons. The summed E-state index contributed by atoms with van der Waals surface area (Å²) < 4.78 is 0. The summed E-state index contributed by atoms with van der Waals surface area (Å²) in [6, 6.07) is 5.77. The molecule has 1 aromatic carbocycles. The highest BCUT2D eigenvalue weighted by molar-refractivity contribution is 5.54. The Morgan fingerprint density at radius 1 is 1.38 bits per heavy atom. The topological polar surface area (TPSA) is 55.2 Å². The zero-order chi connectivity index (χ0) is 11.5. The second-order valence-corrected chi connectivity index (χ2v) is 4.38. The third-order valence-corrected chi connectivity index (χ3v) is 3.12. The summed E-state index contributed by atoms with van der Waals surface area (Å²) in [6.07, 6.45) is 4.97. The third kappa shape index (κ3) is 2.32. The number of nitro benzene ring substituents is 1. The van der Waals surface area contributed by atoms with Crippen molar-refractivity contribution in [2.45, 2.75) is 38.6 Å². The number of nitrogens with zero attached hydrogens (tertiary/aromatic N) is 1. The minimum absolute atomic E-state index is 0.192. The molecule has 0 saturated heterocycles. The van der Waals surface area contributed by atoms with Crippen LogP contribution in [0.25, 0.3) is 0 Å². The van der Waals surface area contributed by atoms with Crippen LogP contribution >= 0.6 is 0 Å². The first-order chi connectivity index (χ1) is 7.66. The number of nitrogens with one attached hydrogen (secondary N) is 1. The number of nitro groups is 1. The summed E-state index contributed by atoms with van der Waals surface area (Å²) in [4.78, 5) is 10.3. The zero-order valence-corrected chi connectivity index (χ0v) is 9.40. The Bertz CT molecular complexity index is 398. The molecule has 4 nitrogen and oxygen atoms in total. The van der Waals surface area contributed by atoms with E-state index in [1.165, 1.54) is 25.7 Å². The van der Waals surface area contributed by atoms with Crippen molar-refractivity contribution < 1.29 is 4.92 Å². The molecule has 0 spiro atoms. The molecule has 1 saturated carbocycles. The summed E-state index contributed by atoms with van der Waals surface area (Å²) in [5.41, 5.74) is 1.90. The van der Waals surface area contributed by atoms with E-state index in [1.54, 1.807) is 19.1 Å². The van der Waals surface area contributed by atoms with Crippen LogP contribution in [-0.4, -0.2) is 11.0 Å². The van der Waals surface area contributed by atoms with Crippen molar-refractivity contribution in [3.05, 3.63) is 33.9 Å². The lowest BCUT2D eigenvalue weighted by atomic mass is 10.1. The fourth-order valence-corrected chi connectivity index (χ4v) is 2.26. The smallest absolute Gasteiger partial charge is 0.272 e. The Balaban J connectivity index is 2.11. The first kappa shape index (κ1) is 10.9. The lowest BCUT2D eigenvalue weighted by Gasteiger charge is -2.13. The van der Waals surface area contributed by atoms with Crippen LogP contribution in [0.1, 0.15) is 31.2 Å². The minimum atomic E-state index is -0.339. The van der Waals surface area contributed by atoms with Crippen molar-refractivity contribution in [3.8, 4) is 0 Å². The molecule has 1 aliphatic carbocycles. The molecule has 2 rings (SSSR count). The molecule has 0 aromatic heterocycles. The molecule has 86 valence electrons. The number of benzene rings is 1. The molecular weight excluding hydrogens is 204 g/mol. The van der Waals surface area contributed by atoms with Gasteiger partial charge in [0.2, 0.25) is 0 Å². The molecule has 16 heavy (non-hydrogen) atoms. The molecule has 1 N–H and O–H groups in total. The quantitative estimate of drug-likeness (QED) is 0.628. The zero-order valence-electron chi connectivity index (χ0n) is 9.40. The Kier molecular flexibility index (Phi) is 3.08. The van der Waals surface area contributed by atoms with E-state index in [2.05, 4.69) is 5.32 Å². The van der Waals surface area contributed by atoms with E-state index in [9.17, 15) is 10.1 Å². The normalized spacial score (nSPS) is 16.3. The van der Waals surface area contributed by atoms with Gasteiger partial charge in [-0.1, -0.05) is 12.8 Å². The Morgan fingerprint density at radius 2 is 2.06 bits per heavy atom. The Labute approximate surface area is 94.8 Å². The fourth-order valence-electron chi connectivity index (χ4n) is 2.26. The van der Waals surface area contributed by atoms with Gasteiger partial charge in [-0.25, -0.2) is 0 Å². The minimum Gasteiger partial charge on any atom is -0.382 e. The summed E-state index contributed by atoms with van der Waals surface area (Å²) in [7, 11) is 0. The maximum atomic E-state index is 10.7. The molecule has 0 atom stereocenters. The SMILES string of the molecule is Cc1cc(NC2CCCC2)ccc1[N+](=O)[O-]. The first-order valence-corrected chi connectivity index (χ1v) is 5.68. The van der Waals surface area contributed by atoms with Gasteiger partial charge in [0.15, 0.2) is 0 Å². The lowest BCUT2D eigenvalue weighted by Crippen LogP contribution is -2.14. The average molecular weight is 220 g/mol. The highest BCUT2D eigenvalue weighted by atomic mass is 16.6. The number of aryl methyl sites for hydroxylation is 1. The van der Waals surface area contributed by atoms with E-state index in [4.69, 9.17) is 0 Å². The van der Waals surface area contributed by atoms with Crippen LogP contribution in [0.2, 0.25) is 0 Å². The molecule has 1 fully saturated rings. The van der Waals surface area contributed by atoms with Crippen molar-refractivity contribution >= 4 is 11.4 Å². The van der Waals surface area contributed by atoms with Crippen molar-refractivity contribution in [1.29, 1.82) is 0 Å². The first-order valence-electron chi connectivity index (χ1n) is 5.68. The van der Waals surface area contributed by atoms with Crippen LogP contribution in [0.4, 0.5) is 11.4 Å². The van der Waals surface area contributed by atoms with Gasteiger partial charge in [0.05, 0.1) is 4.92 Å². The predicted octanol–water partition coefficient (Wildman–Crippen LogP) is 3.26. The van der Waals surface area contributed by atoms with Crippen molar-refractivity contribution in [1.82, 2.24) is 0 Å². The summed E-state index contributed by atoms with van der Waals surface area (Å²) in [5, 5.41) is 14.1. The van der Waals surface area contributed by atoms with Gasteiger partial charge in [0.1, 0.15) is 0 Å². The van der Waals surface area contributed by atoms with E-state index < -0.39 is 0 Å². The number of rotatable bonds is 3. The van der Waals surface area contributed by atoms with Gasteiger partial charge in [0, 0.05) is 23.4 Å². The Morgan fingerprint density at radius 3 is 2.62 bits per heavy atom. The number of hydrogen-bond donors (Lipinski definition) is 1. The predicted molar refractivity (Wildman–Crippen MR) is 63.7 cm³/mol. The molecule has 0 heterocycles. The molecule has 0 aliphatic heterocycles. The maximum Gasteiger partial charge on any atom is 0.272 e. The highest BCUT2D eigenvalue weighted by Gasteiger charge is 2.16. The van der Waals surface area contributed by atoms with Crippen LogP contribution < -0.4 is 5.32 Å². The maximum absolute atomic E-state index is 10.7. The highest BCUT2D eigenvalue weighted by Crippen LogP contribution is 2.25. The van der Waals surface area contributed by atoms with E-state index >= 15 is 0 Å². The van der Waals surface area contributed by atoms with Gasteiger partial charge in [-0.15, -0.1) is 0 Å². The number of anilines is 1. The van der Waals surface area contributed by atoms with Crippen LogP contribution in [0.5, 0.6) is 0 Å². The summed E-state index contributed by atoms with van der Waals surface area (Å²) in [5.74, 6) is 0. The molecule has 1 aromatic rings. The van der Waals surface area contributed by atoms with E-state index in [-0.39, 0.29) is 10.6 Å². The van der Waals surface area contributed by atoms with Crippen LogP contribution in [0, 0.1) is 17.0 Å². The van der Waals surface area contributed by atoms with E-state index in [0.29, 0.717) is 11.6 Å². The van der Waals surface area contributed by atoms with E-state index in [0.717, 1.165) is 5.69 Å². The van der Waals surface area contributed by atoms with Gasteiger partial charge in [-0.05, 0) is 31.9 Å². The second-order valence-electron chi connectivity index (χ2n) is 4.38. The van der Waals surface area contributed by atoms with Crippen LogP contribution in [0.15, 0.2) is 18.2 Å². The van der Waals surface area contributed by atoms with E-state index in [1.807, 2.05) is 6.07 Å². The van der Waals surface area contributed by atoms with Crippen LogP contribution in [-0.2, 0) is 0 Å². The molecule has 0 amide bonds. The van der Waals surface area contributed by atoms with Gasteiger partial charge in [0.25, 0.3) is 5.69 Å². The van der Waals surface area contributed by atoms with Gasteiger partial charge < -0.3 is 5.32 Å². The fraction of sp³-hybridized carbons (Fsp3) is 0.500. The van der Waals surface area contributed by atoms with Crippen molar-refractivity contribution in [3.63, 3.8) is 0 Å².